The second kappa shape index (κ2) is 12.2. The standard InChI is InChI=1S/C29H33N3O3/c1-2-19-32(25-17-20-31(21-18-25)29(34)23-9-5-3-6-10-23)22-28(33)30-24-13-15-27(16-14-24)35-26-11-7-4-8-12-26/h3-16,25H,2,17-22H2,1H3,(H,30,33). The number of para-hydroxylation sites is 1. The number of benzene rings is 3. The van der Waals surface area contributed by atoms with Crippen molar-refractivity contribution >= 4 is 17.5 Å². The van der Waals surface area contributed by atoms with Crippen LogP contribution < -0.4 is 10.1 Å². The fraction of sp³-hybridized carbons (Fsp3) is 0.310. The van der Waals surface area contributed by atoms with Crippen molar-refractivity contribution in [2.24, 2.45) is 0 Å². The van der Waals surface area contributed by atoms with Crippen LogP contribution in [0.2, 0.25) is 0 Å². The van der Waals surface area contributed by atoms with E-state index in [9.17, 15) is 9.59 Å². The number of anilines is 1. The molecule has 0 aromatic heterocycles. The van der Waals surface area contributed by atoms with Crippen molar-refractivity contribution in [3.63, 3.8) is 0 Å². The van der Waals surface area contributed by atoms with Crippen LogP contribution in [-0.2, 0) is 4.79 Å². The maximum atomic E-state index is 12.8. The van der Waals surface area contributed by atoms with Crippen molar-refractivity contribution in [1.29, 1.82) is 0 Å². The molecule has 2 amide bonds. The number of nitrogens with zero attached hydrogens (tertiary/aromatic N) is 2. The average molecular weight is 472 g/mol. The molecule has 1 aliphatic heterocycles. The van der Waals surface area contributed by atoms with E-state index in [4.69, 9.17) is 4.74 Å². The normalized spacial score (nSPS) is 14.1. The number of amides is 2. The number of hydrogen-bond acceptors (Lipinski definition) is 4. The van der Waals surface area contributed by atoms with Gasteiger partial charge in [-0.25, -0.2) is 0 Å². The first-order valence-corrected chi connectivity index (χ1v) is 12.3. The molecule has 3 aromatic rings. The van der Waals surface area contributed by atoms with Gasteiger partial charge in [-0.3, -0.25) is 14.5 Å². The zero-order chi connectivity index (χ0) is 24.5. The summed E-state index contributed by atoms with van der Waals surface area (Å²) in [5.74, 6) is 1.55. The van der Waals surface area contributed by atoms with E-state index in [1.807, 2.05) is 89.8 Å². The molecule has 0 radical (unpaired) electrons. The van der Waals surface area contributed by atoms with Gasteiger partial charge in [0.25, 0.3) is 5.91 Å². The number of carbonyl (C=O) groups excluding carboxylic acids is 2. The highest BCUT2D eigenvalue weighted by Crippen LogP contribution is 2.23. The SMILES string of the molecule is CCCN(CC(=O)Nc1ccc(Oc2ccccc2)cc1)C1CCN(C(=O)c2ccccc2)CC1. The number of rotatable bonds is 9. The Bertz CT molecular complexity index is 1080. The van der Waals surface area contributed by atoms with Gasteiger partial charge >= 0.3 is 0 Å². The Morgan fingerprint density at radius 2 is 1.49 bits per heavy atom. The number of likely N-dealkylation sites (tertiary alicyclic amines) is 1. The summed E-state index contributed by atoms with van der Waals surface area (Å²) in [5.41, 5.74) is 1.48. The third-order valence-corrected chi connectivity index (χ3v) is 6.26. The lowest BCUT2D eigenvalue weighted by atomic mass is 10.0. The first kappa shape index (κ1) is 24.5. The van der Waals surface area contributed by atoms with Gasteiger partial charge in [0.2, 0.25) is 5.91 Å². The van der Waals surface area contributed by atoms with Gasteiger partial charge < -0.3 is 15.0 Å². The molecule has 6 heteroatoms. The Kier molecular flexibility index (Phi) is 8.52. The quantitative estimate of drug-likeness (QED) is 0.452. The molecule has 0 atom stereocenters. The number of hydrogen-bond donors (Lipinski definition) is 1. The van der Waals surface area contributed by atoms with Crippen LogP contribution in [0.3, 0.4) is 0 Å². The molecular weight excluding hydrogens is 438 g/mol. The van der Waals surface area contributed by atoms with Gasteiger partial charge in [-0.15, -0.1) is 0 Å². The minimum atomic E-state index is -0.0297. The number of ether oxygens (including phenoxy) is 1. The van der Waals surface area contributed by atoms with Crippen molar-refractivity contribution in [2.45, 2.75) is 32.2 Å². The minimum Gasteiger partial charge on any atom is -0.457 e. The van der Waals surface area contributed by atoms with E-state index >= 15 is 0 Å². The number of piperidine rings is 1. The third kappa shape index (κ3) is 6.93. The van der Waals surface area contributed by atoms with E-state index in [0.29, 0.717) is 25.7 Å². The molecule has 0 spiro atoms. The first-order chi connectivity index (χ1) is 17.1. The molecule has 1 aliphatic rings. The van der Waals surface area contributed by atoms with E-state index < -0.39 is 0 Å². The molecule has 182 valence electrons. The summed E-state index contributed by atoms with van der Waals surface area (Å²) >= 11 is 0. The Balaban J connectivity index is 1.28. The molecule has 6 nitrogen and oxygen atoms in total. The summed E-state index contributed by atoms with van der Waals surface area (Å²) < 4.78 is 5.82. The van der Waals surface area contributed by atoms with Crippen LogP contribution in [0.5, 0.6) is 11.5 Å². The molecule has 0 unspecified atom stereocenters. The lowest BCUT2D eigenvalue weighted by molar-refractivity contribution is -0.118. The van der Waals surface area contributed by atoms with Crippen molar-refractivity contribution in [2.75, 3.05) is 31.5 Å². The fourth-order valence-corrected chi connectivity index (χ4v) is 4.49. The highest BCUT2D eigenvalue weighted by atomic mass is 16.5. The van der Waals surface area contributed by atoms with Crippen molar-refractivity contribution in [1.82, 2.24) is 9.80 Å². The van der Waals surface area contributed by atoms with E-state index in [2.05, 4.69) is 17.1 Å². The van der Waals surface area contributed by atoms with Crippen LogP contribution >= 0.6 is 0 Å². The summed E-state index contributed by atoms with van der Waals surface area (Å²) in [6, 6.07) is 26.8. The monoisotopic (exact) mass is 471 g/mol. The molecule has 3 aromatic carbocycles. The highest BCUT2D eigenvalue weighted by molar-refractivity contribution is 5.94. The minimum absolute atomic E-state index is 0.0297. The lowest BCUT2D eigenvalue weighted by Crippen LogP contribution is -2.49. The average Bonchev–Trinajstić information content (AvgIpc) is 2.90. The van der Waals surface area contributed by atoms with Crippen molar-refractivity contribution in [3.8, 4) is 11.5 Å². The van der Waals surface area contributed by atoms with Crippen LogP contribution in [0.4, 0.5) is 5.69 Å². The van der Waals surface area contributed by atoms with Gasteiger partial charge in [0.1, 0.15) is 11.5 Å². The lowest BCUT2D eigenvalue weighted by Gasteiger charge is -2.38. The molecule has 0 bridgehead atoms. The van der Waals surface area contributed by atoms with Crippen LogP contribution in [0.15, 0.2) is 84.9 Å². The smallest absolute Gasteiger partial charge is 0.253 e. The zero-order valence-electron chi connectivity index (χ0n) is 20.2. The molecular formula is C29H33N3O3. The Morgan fingerprint density at radius 3 is 2.11 bits per heavy atom. The largest absolute Gasteiger partial charge is 0.457 e. The molecule has 1 N–H and O–H groups in total. The van der Waals surface area contributed by atoms with Crippen LogP contribution in [0, 0.1) is 0 Å². The molecule has 4 rings (SSSR count). The van der Waals surface area contributed by atoms with Gasteiger partial charge in [-0.1, -0.05) is 43.3 Å². The third-order valence-electron chi connectivity index (χ3n) is 6.26. The van der Waals surface area contributed by atoms with Crippen LogP contribution in [0.25, 0.3) is 0 Å². The van der Waals surface area contributed by atoms with Crippen molar-refractivity contribution in [3.05, 3.63) is 90.5 Å². The second-order valence-corrected chi connectivity index (χ2v) is 8.85. The summed E-state index contributed by atoms with van der Waals surface area (Å²) in [6.07, 6.45) is 2.72. The van der Waals surface area contributed by atoms with E-state index in [-0.39, 0.29) is 11.8 Å². The first-order valence-electron chi connectivity index (χ1n) is 12.3. The van der Waals surface area contributed by atoms with Crippen LogP contribution in [-0.4, -0.2) is 53.8 Å². The summed E-state index contributed by atoms with van der Waals surface area (Å²) in [7, 11) is 0. The molecule has 1 fully saturated rings. The van der Waals surface area contributed by atoms with Gasteiger partial charge in [-0.2, -0.15) is 0 Å². The maximum Gasteiger partial charge on any atom is 0.253 e. The molecule has 0 saturated carbocycles. The Hall–Kier alpha value is -3.64. The van der Waals surface area contributed by atoms with Gasteiger partial charge in [-0.05, 0) is 74.3 Å². The Labute approximate surface area is 207 Å². The molecule has 1 saturated heterocycles. The van der Waals surface area contributed by atoms with Gasteiger partial charge in [0.05, 0.1) is 6.54 Å². The van der Waals surface area contributed by atoms with Crippen molar-refractivity contribution < 1.29 is 14.3 Å². The summed E-state index contributed by atoms with van der Waals surface area (Å²) in [5, 5.41) is 3.01. The van der Waals surface area contributed by atoms with Crippen LogP contribution in [0.1, 0.15) is 36.5 Å². The topological polar surface area (TPSA) is 61.9 Å². The maximum absolute atomic E-state index is 12.8. The highest BCUT2D eigenvalue weighted by Gasteiger charge is 2.28. The summed E-state index contributed by atoms with van der Waals surface area (Å²) in [6.45, 7) is 4.75. The second-order valence-electron chi connectivity index (χ2n) is 8.85. The fourth-order valence-electron chi connectivity index (χ4n) is 4.49. The predicted molar refractivity (Wildman–Crippen MR) is 139 cm³/mol. The van der Waals surface area contributed by atoms with Gasteiger partial charge in [0.15, 0.2) is 0 Å². The molecule has 1 heterocycles. The van der Waals surface area contributed by atoms with E-state index in [0.717, 1.165) is 48.6 Å². The van der Waals surface area contributed by atoms with Gasteiger partial charge in [0, 0.05) is 30.4 Å². The molecule has 35 heavy (non-hydrogen) atoms. The molecule has 0 aliphatic carbocycles. The number of carbonyl (C=O) groups is 2. The van der Waals surface area contributed by atoms with E-state index in [1.165, 1.54) is 0 Å². The Morgan fingerprint density at radius 1 is 0.886 bits per heavy atom. The summed E-state index contributed by atoms with van der Waals surface area (Å²) in [4.78, 5) is 29.8. The predicted octanol–water partition coefficient (Wildman–Crippen LogP) is 5.43. The zero-order valence-corrected chi connectivity index (χ0v) is 20.2. The van der Waals surface area contributed by atoms with E-state index in [1.54, 1.807) is 0 Å². The number of nitrogens with one attached hydrogen (secondary N) is 1.